The Morgan fingerprint density at radius 1 is 1.29 bits per heavy atom. The molecule has 0 radical (unpaired) electrons. The Bertz CT molecular complexity index is 736. The van der Waals surface area contributed by atoms with Crippen LogP contribution in [-0.2, 0) is 4.79 Å². The monoisotopic (exact) mass is 326 g/mol. The molecule has 0 spiro atoms. The Balaban J connectivity index is 1.54. The van der Waals surface area contributed by atoms with Crippen LogP contribution >= 0.6 is 0 Å². The summed E-state index contributed by atoms with van der Waals surface area (Å²) in [4.78, 5) is 25.9. The molecule has 24 heavy (non-hydrogen) atoms. The minimum Gasteiger partial charge on any atom is -0.370 e. The fourth-order valence-corrected chi connectivity index (χ4v) is 3.09. The lowest BCUT2D eigenvalue weighted by molar-refractivity contribution is -0.126. The van der Waals surface area contributed by atoms with Gasteiger partial charge in [-0.15, -0.1) is 0 Å². The fraction of sp³-hybridized carbons (Fsp3) is 0.389. The van der Waals surface area contributed by atoms with E-state index in [1.807, 2.05) is 37.3 Å². The van der Waals surface area contributed by atoms with Crippen molar-refractivity contribution in [3.63, 3.8) is 0 Å². The van der Waals surface area contributed by atoms with E-state index in [9.17, 15) is 9.59 Å². The minimum absolute atomic E-state index is 0.00797. The predicted molar refractivity (Wildman–Crippen MR) is 92.8 cm³/mol. The van der Waals surface area contributed by atoms with Crippen molar-refractivity contribution in [1.29, 1.82) is 0 Å². The van der Waals surface area contributed by atoms with Crippen LogP contribution in [-0.4, -0.2) is 29.2 Å². The Kier molecular flexibility index (Phi) is 4.93. The van der Waals surface area contributed by atoms with Gasteiger partial charge in [-0.1, -0.05) is 30.3 Å². The van der Waals surface area contributed by atoms with Crippen LogP contribution in [0.5, 0.6) is 0 Å². The second-order valence-corrected chi connectivity index (χ2v) is 6.21. The summed E-state index contributed by atoms with van der Waals surface area (Å²) < 4.78 is 0. The van der Waals surface area contributed by atoms with Gasteiger partial charge in [-0.2, -0.15) is 5.10 Å². The maximum atomic E-state index is 12.5. The largest absolute Gasteiger partial charge is 0.370 e. The van der Waals surface area contributed by atoms with Gasteiger partial charge in [0, 0.05) is 25.1 Å². The maximum absolute atomic E-state index is 12.5. The number of anilines is 1. The van der Waals surface area contributed by atoms with Gasteiger partial charge in [0.2, 0.25) is 5.91 Å². The van der Waals surface area contributed by atoms with E-state index in [1.165, 1.54) is 0 Å². The third-order valence-electron chi connectivity index (χ3n) is 4.54. The molecule has 2 N–H and O–H groups in total. The molecule has 3 rings (SSSR count). The number of rotatable bonds is 4. The van der Waals surface area contributed by atoms with E-state index in [0.29, 0.717) is 0 Å². The highest BCUT2D eigenvalue weighted by Crippen LogP contribution is 2.23. The topological polar surface area (TPSA) is 78.1 Å². The van der Waals surface area contributed by atoms with Crippen molar-refractivity contribution in [2.45, 2.75) is 25.8 Å². The van der Waals surface area contributed by atoms with Crippen LogP contribution in [0.4, 0.5) is 5.69 Å². The van der Waals surface area contributed by atoms with Crippen molar-refractivity contribution < 1.29 is 4.79 Å². The van der Waals surface area contributed by atoms with Crippen LogP contribution in [0.1, 0.15) is 31.4 Å². The van der Waals surface area contributed by atoms with Crippen molar-refractivity contribution in [3.8, 4) is 0 Å². The third kappa shape index (κ3) is 3.82. The van der Waals surface area contributed by atoms with Crippen LogP contribution < -0.4 is 15.8 Å². The molecule has 1 unspecified atom stereocenters. The van der Waals surface area contributed by atoms with Crippen LogP contribution in [0.25, 0.3) is 0 Å². The van der Waals surface area contributed by atoms with E-state index < -0.39 is 0 Å². The van der Waals surface area contributed by atoms with Gasteiger partial charge in [0.15, 0.2) is 0 Å². The highest BCUT2D eigenvalue weighted by atomic mass is 16.2. The summed E-state index contributed by atoms with van der Waals surface area (Å²) in [7, 11) is 0. The number of hydrogen-bond donors (Lipinski definition) is 2. The number of amides is 1. The summed E-state index contributed by atoms with van der Waals surface area (Å²) >= 11 is 0. The molecular weight excluding hydrogens is 304 g/mol. The number of piperidine rings is 1. The van der Waals surface area contributed by atoms with Crippen LogP contribution in [0.3, 0.4) is 0 Å². The number of carbonyl (C=O) groups excluding carboxylic acids is 1. The van der Waals surface area contributed by atoms with Crippen LogP contribution in [0.2, 0.25) is 0 Å². The number of nitrogens with one attached hydrogen (secondary N) is 2. The summed E-state index contributed by atoms with van der Waals surface area (Å²) in [6, 6.07) is 11.5. The SMILES string of the molecule is CC(NC(=O)C1CCN(c2cn[nH]c(=O)c2)CC1)c1ccccc1. The zero-order valence-electron chi connectivity index (χ0n) is 13.7. The van der Waals surface area contributed by atoms with Crippen LogP contribution in [0, 0.1) is 5.92 Å². The van der Waals surface area contributed by atoms with Gasteiger partial charge in [-0.25, -0.2) is 5.10 Å². The second-order valence-electron chi connectivity index (χ2n) is 6.21. The summed E-state index contributed by atoms with van der Waals surface area (Å²) in [5.41, 5.74) is 1.72. The van der Waals surface area contributed by atoms with Crippen molar-refractivity contribution in [3.05, 3.63) is 58.5 Å². The average molecular weight is 326 g/mol. The molecule has 0 saturated carbocycles. The molecule has 6 heteroatoms. The van der Waals surface area contributed by atoms with E-state index >= 15 is 0 Å². The molecule has 2 heterocycles. The summed E-state index contributed by atoms with van der Waals surface area (Å²) in [5.74, 6) is 0.123. The summed E-state index contributed by atoms with van der Waals surface area (Å²) in [5, 5.41) is 9.31. The predicted octanol–water partition coefficient (Wildman–Crippen LogP) is 1.86. The van der Waals surface area contributed by atoms with Gasteiger partial charge in [-0.3, -0.25) is 9.59 Å². The number of hydrogen-bond acceptors (Lipinski definition) is 4. The number of aromatic nitrogens is 2. The van der Waals surface area contributed by atoms with Crippen molar-refractivity contribution in [1.82, 2.24) is 15.5 Å². The molecular formula is C18H22N4O2. The molecule has 0 aliphatic carbocycles. The van der Waals surface area contributed by atoms with Gasteiger partial charge in [-0.05, 0) is 25.3 Å². The van der Waals surface area contributed by atoms with Gasteiger partial charge >= 0.3 is 0 Å². The first-order chi connectivity index (χ1) is 11.6. The minimum atomic E-state index is -0.205. The Hall–Kier alpha value is -2.63. The lowest BCUT2D eigenvalue weighted by Gasteiger charge is -2.33. The number of aromatic amines is 1. The van der Waals surface area contributed by atoms with Gasteiger partial charge in [0.25, 0.3) is 5.56 Å². The molecule has 2 aromatic rings. The van der Waals surface area contributed by atoms with Crippen molar-refractivity contribution >= 4 is 11.6 Å². The van der Waals surface area contributed by atoms with E-state index in [2.05, 4.69) is 20.4 Å². The molecule has 1 aromatic carbocycles. The van der Waals surface area contributed by atoms with Crippen LogP contribution in [0.15, 0.2) is 47.4 Å². The molecule has 1 aliphatic heterocycles. The zero-order chi connectivity index (χ0) is 16.9. The maximum Gasteiger partial charge on any atom is 0.266 e. The first kappa shape index (κ1) is 16.2. The Labute approximate surface area is 140 Å². The highest BCUT2D eigenvalue weighted by molar-refractivity contribution is 5.79. The normalized spacial score (nSPS) is 16.6. The molecule has 126 valence electrons. The molecule has 1 atom stereocenters. The molecule has 1 fully saturated rings. The number of H-pyrrole nitrogens is 1. The van der Waals surface area contributed by atoms with E-state index in [-0.39, 0.29) is 23.4 Å². The molecule has 0 bridgehead atoms. The lowest BCUT2D eigenvalue weighted by Crippen LogP contribution is -2.41. The number of carbonyl (C=O) groups is 1. The fourth-order valence-electron chi connectivity index (χ4n) is 3.09. The quantitative estimate of drug-likeness (QED) is 0.899. The number of benzene rings is 1. The van der Waals surface area contributed by atoms with Gasteiger partial charge in [0.1, 0.15) is 0 Å². The summed E-state index contributed by atoms with van der Waals surface area (Å²) in [6.45, 7) is 3.51. The molecule has 6 nitrogen and oxygen atoms in total. The molecule has 1 aromatic heterocycles. The smallest absolute Gasteiger partial charge is 0.266 e. The zero-order valence-corrected chi connectivity index (χ0v) is 13.7. The average Bonchev–Trinajstić information content (AvgIpc) is 2.62. The van der Waals surface area contributed by atoms with Gasteiger partial charge < -0.3 is 10.2 Å². The lowest BCUT2D eigenvalue weighted by atomic mass is 9.95. The van der Waals surface area contributed by atoms with Crippen molar-refractivity contribution in [2.24, 2.45) is 5.92 Å². The molecule has 1 amide bonds. The molecule has 1 aliphatic rings. The number of nitrogens with zero attached hydrogens (tertiary/aromatic N) is 2. The first-order valence-corrected chi connectivity index (χ1v) is 8.28. The standard InChI is InChI=1S/C18H22N4O2/c1-13(14-5-3-2-4-6-14)20-18(24)15-7-9-22(10-8-15)16-11-17(23)21-19-12-16/h2-6,11-13,15H,7-10H2,1H3,(H,20,24)(H,21,23). The van der Waals surface area contributed by atoms with E-state index in [4.69, 9.17) is 0 Å². The van der Waals surface area contributed by atoms with E-state index in [1.54, 1.807) is 12.3 Å². The first-order valence-electron chi connectivity index (χ1n) is 8.28. The summed E-state index contributed by atoms with van der Waals surface area (Å²) in [6.07, 6.45) is 3.21. The van der Waals surface area contributed by atoms with Gasteiger partial charge in [0.05, 0.1) is 17.9 Å². The highest BCUT2D eigenvalue weighted by Gasteiger charge is 2.26. The molecule has 1 saturated heterocycles. The second kappa shape index (κ2) is 7.29. The Morgan fingerprint density at radius 2 is 2.00 bits per heavy atom. The Morgan fingerprint density at radius 3 is 2.67 bits per heavy atom. The van der Waals surface area contributed by atoms with Crippen molar-refractivity contribution in [2.75, 3.05) is 18.0 Å². The van der Waals surface area contributed by atoms with E-state index in [0.717, 1.165) is 37.2 Å². The third-order valence-corrected chi connectivity index (χ3v) is 4.54.